The molecule has 2 fully saturated rings. The largest absolute Gasteiger partial charge is 0.481 e. The summed E-state index contributed by atoms with van der Waals surface area (Å²) in [5.74, 6) is -2.59. The molecular formula is C22H25ClN2O4. The molecule has 0 spiro atoms. The predicted octanol–water partition coefficient (Wildman–Crippen LogP) is 4.32. The smallest absolute Gasteiger partial charge is 0.307 e. The van der Waals surface area contributed by atoms with E-state index in [2.05, 4.69) is 10.6 Å². The van der Waals surface area contributed by atoms with Crippen LogP contribution < -0.4 is 10.6 Å². The first-order valence-corrected chi connectivity index (χ1v) is 10.6. The van der Waals surface area contributed by atoms with Crippen molar-refractivity contribution in [1.29, 1.82) is 0 Å². The van der Waals surface area contributed by atoms with Gasteiger partial charge in [-0.15, -0.1) is 0 Å². The molecule has 0 saturated heterocycles. The minimum Gasteiger partial charge on any atom is -0.481 e. The number of carbonyl (C=O) groups excluding carboxylic acids is 2. The van der Waals surface area contributed by atoms with Crippen molar-refractivity contribution in [2.75, 3.05) is 10.6 Å². The van der Waals surface area contributed by atoms with Gasteiger partial charge in [0, 0.05) is 11.6 Å². The molecular weight excluding hydrogens is 392 g/mol. The third-order valence-corrected chi connectivity index (χ3v) is 6.83. The third kappa shape index (κ3) is 4.04. The third-order valence-electron chi connectivity index (χ3n) is 6.52. The van der Waals surface area contributed by atoms with E-state index in [0.717, 1.165) is 25.7 Å². The number of allylic oxidation sites excluding steroid dienone is 2. The minimum absolute atomic E-state index is 0.0125. The van der Waals surface area contributed by atoms with Crippen LogP contribution in [0.25, 0.3) is 0 Å². The highest BCUT2D eigenvalue weighted by Crippen LogP contribution is 2.48. The van der Waals surface area contributed by atoms with Crippen LogP contribution in [0, 0.1) is 29.6 Å². The van der Waals surface area contributed by atoms with E-state index in [9.17, 15) is 19.5 Å². The van der Waals surface area contributed by atoms with Gasteiger partial charge in [-0.1, -0.05) is 43.0 Å². The Balaban J connectivity index is 1.41. The monoisotopic (exact) mass is 416 g/mol. The van der Waals surface area contributed by atoms with Gasteiger partial charge in [0.05, 0.1) is 22.5 Å². The van der Waals surface area contributed by atoms with Crippen LogP contribution in [0.4, 0.5) is 11.4 Å². The van der Waals surface area contributed by atoms with E-state index in [0.29, 0.717) is 22.8 Å². The number of carboxylic acids is 1. The lowest BCUT2D eigenvalue weighted by Gasteiger charge is -2.24. The second-order valence-electron chi connectivity index (χ2n) is 8.35. The van der Waals surface area contributed by atoms with Crippen LogP contribution in [0.3, 0.4) is 0 Å². The van der Waals surface area contributed by atoms with Gasteiger partial charge >= 0.3 is 5.97 Å². The quantitative estimate of drug-likeness (QED) is 0.623. The van der Waals surface area contributed by atoms with E-state index in [1.165, 1.54) is 6.42 Å². The van der Waals surface area contributed by atoms with Gasteiger partial charge in [-0.25, -0.2) is 0 Å². The molecule has 2 saturated carbocycles. The van der Waals surface area contributed by atoms with E-state index < -0.39 is 17.8 Å². The zero-order chi connectivity index (χ0) is 20.5. The van der Waals surface area contributed by atoms with Crippen LogP contribution >= 0.6 is 11.6 Å². The minimum atomic E-state index is -0.930. The maximum atomic E-state index is 12.8. The lowest BCUT2D eigenvalue weighted by Crippen LogP contribution is -2.36. The van der Waals surface area contributed by atoms with Gasteiger partial charge in [-0.05, 0) is 49.3 Å². The van der Waals surface area contributed by atoms with Crippen molar-refractivity contribution in [2.45, 2.75) is 38.5 Å². The molecule has 2 amide bonds. The molecule has 1 aromatic rings. The molecule has 6 nitrogen and oxygen atoms in total. The van der Waals surface area contributed by atoms with E-state index in [4.69, 9.17) is 11.6 Å². The van der Waals surface area contributed by atoms with Crippen molar-refractivity contribution in [1.82, 2.24) is 0 Å². The van der Waals surface area contributed by atoms with E-state index >= 15 is 0 Å². The number of fused-ring (bicyclic) bond motifs is 2. The number of nitrogens with one attached hydrogen (secondary N) is 2. The van der Waals surface area contributed by atoms with E-state index in [1.54, 1.807) is 18.2 Å². The summed E-state index contributed by atoms with van der Waals surface area (Å²) in [7, 11) is 0. The number of rotatable bonds is 5. The van der Waals surface area contributed by atoms with Crippen molar-refractivity contribution >= 4 is 40.8 Å². The highest BCUT2D eigenvalue weighted by molar-refractivity contribution is 6.34. The van der Waals surface area contributed by atoms with Gasteiger partial charge in [-0.2, -0.15) is 0 Å². The zero-order valence-corrected chi connectivity index (χ0v) is 16.8. The number of carbonyl (C=O) groups is 3. The molecule has 4 atom stereocenters. The summed E-state index contributed by atoms with van der Waals surface area (Å²) in [5.41, 5.74) is 1.01. The number of benzene rings is 1. The maximum absolute atomic E-state index is 12.8. The lowest BCUT2D eigenvalue weighted by atomic mass is 9.82. The Morgan fingerprint density at radius 1 is 0.931 bits per heavy atom. The van der Waals surface area contributed by atoms with E-state index in [-0.39, 0.29) is 29.6 Å². The van der Waals surface area contributed by atoms with Crippen LogP contribution in [0.15, 0.2) is 30.4 Å². The summed E-state index contributed by atoms with van der Waals surface area (Å²) in [5, 5.41) is 15.6. The van der Waals surface area contributed by atoms with E-state index in [1.807, 2.05) is 12.2 Å². The summed E-state index contributed by atoms with van der Waals surface area (Å²) >= 11 is 6.33. The Morgan fingerprint density at radius 3 is 2.28 bits per heavy atom. The maximum Gasteiger partial charge on any atom is 0.307 e. The molecule has 1 aromatic carbocycles. The average molecular weight is 417 g/mol. The first kappa shape index (κ1) is 20.0. The van der Waals surface area contributed by atoms with Gasteiger partial charge in [0.2, 0.25) is 11.8 Å². The molecule has 0 heterocycles. The summed E-state index contributed by atoms with van der Waals surface area (Å²) < 4.78 is 0. The molecule has 7 heteroatoms. The standard InChI is InChI=1S/C22H25ClN2O4/c23-16-11-15(8-9-17(16)25-20(26)12-4-2-1-3-5-12)24-21(27)18-13-6-7-14(10-13)19(18)22(28)29/h6-9,11-14,18-19H,1-5,10H2,(H,24,27)(H,25,26)(H,28,29)/t13-,14-,18+,19+/m0/s1. The molecule has 4 rings (SSSR count). The highest BCUT2D eigenvalue weighted by atomic mass is 35.5. The number of aliphatic carboxylic acids is 1. The number of halogens is 1. The summed E-state index contributed by atoms with van der Waals surface area (Å²) in [6.07, 6.45) is 9.71. The fraction of sp³-hybridized carbons (Fsp3) is 0.500. The molecule has 0 unspecified atom stereocenters. The van der Waals surface area contributed by atoms with Crippen molar-refractivity contribution in [3.63, 3.8) is 0 Å². The second-order valence-corrected chi connectivity index (χ2v) is 8.75. The van der Waals surface area contributed by atoms with Gasteiger partial charge in [0.15, 0.2) is 0 Å². The first-order valence-electron chi connectivity index (χ1n) is 10.3. The molecule has 29 heavy (non-hydrogen) atoms. The molecule has 3 aliphatic rings. The second kappa shape index (κ2) is 8.19. The Bertz CT molecular complexity index is 862. The number of hydrogen-bond donors (Lipinski definition) is 3. The van der Waals surface area contributed by atoms with Crippen LogP contribution in [-0.2, 0) is 14.4 Å². The fourth-order valence-corrected chi connectivity index (χ4v) is 5.26. The fourth-order valence-electron chi connectivity index (χ4n) is 5.04. The van der Waals surface area contributed by atoms with Crippen LogP contribution in [-0.4, -0.2) is 22.9 Å². The van der Waals surface area contributed by atoms with Crippen molar-refractivity contribution in [3.8, 4) is 0 Å². The summed E-state index contributed by atoms with van der Waals surface area (Å²) in [6.45, 7) is 0. The SMILES string of the molecule is O=C(Nc1ccc(NC(=O)[C@H]2[C@H](C(=O)O)[C@H]3C=C[C@H]2C3)cc1Cl)C1CCCCC1. The van der Waals surface area contributed by atoms with Crippen LogP contribution in [0.2, 0.25) is 5.02 Å². The average Bonchev–Trinajstić information content (AvgIpc) is 3.32. The predicted molar refractivity (Wildman–Crippen MR) is 111 cm³/mol. The number of hydrogen-bond acceptors (Lipinski definition) is 3. The molecule has 0 radical (unpaired) electrons. The van der Waals surface area contributed by atoms with Gasteiger partial charge in [0.25, 0.3) is 0 Å². The topological polar surface area (TPSA) is 95.5 Å². The highest BCUT2D eigenvalue weighted by Gasteiger charge is 2.51. The van der Waals surface area contributed by atoms with Crippen molar-refractivity contribution in [3.05, 3.63) is 35.4 Å². The Morgan fingerprint density at radius 2 is 1.62 bits per heavy atom. The molecule has 3 aliphatic carbocycles. The van der Waals surface area contributed by atoms with Gasteiger partial charge in [0.1, 0.15) is 0 Å². The number of carboxylic acid groups (broad SMARTS) is 1. The first-order chi connectivity index (χ1) is 13.9. The number of amides is 2. The summed E-state index contributed by atoms with van der Waals surface area (Å²) in [4.78, 5) is 36.8. The van der Waals surface area contributed by atoms with Gasteiger partial charge in [-0.3, -0.25) is 14.4 Å². The lowest BCUT2D eigenvalue weighted by molar-refractivity contribution is -0.146. The normalized spacial score (nSPS) is 28.3. The van der Waals surface area contributed by atoms with Gasteiger partial charge < -0.3 is 15.7 Å². The summed E-state index contributed by atoms with van der Waals surface area (Å²) in [6, 6.07) is 4.95. The van der Waals surface area contributed by atoms with Crippen LogP contribution in [0.5, 0.6) is 0 Å². The zero-order valence-electron chi connectivity index (χ0n) is 16.1. The molecule has 154 valence electrons. The Labute approximate surface area is 174 Å². The molecule has 0 aliphatic heterocycles. The Kier molecular flexibility index (Phi) is 5.63. The van der Waals surface area contributed by atoms with Crippen molar-refractivity contribution < 1.29 is 19.5 Å². The molecule has 2 bridgehead atoms. The molecule has 0 aromatic heterocycles. The number of anilines is 2. The van der Waals surface area contributed by atoms with Crippen LogP contribution in [0.1, 0.15) is 38.5 Å². The Hall–Kier alpha value is -2.34. The van der Waals surface area contributed by atoms with Crippen molar-refractivity contribution in [2.24, 2.45) is 29.6 Å². The molecule has 3 N–H and O–H groups in total.